The highest BCUT2D eigenvalue weighted by Gasteiger charge is 1.99. The molecule has 1 aromatic heterocycles. The molecule has 0 saturated heterocycles. The van der Waals surface area contributed by atoms with E-state index in [9.17, 15) is 0 Å². The summed E-state index contributed by atoms with van der Waals surface area (Å²) >= 11 is 1.61. The van der Waals surface area contributed by atoms with E-state index in [1.54, 1.807) is 25.2 Å². The van der Waals surface area contributed by atoms with Gasteiger partial charge in [0, 0.05) is 12.6 Å². The van der Waals surface area contributed by atoms with Crippen LogP contribution in [0, 0.1) is 0 Å². The summed E-state index contributed by atoms with van der Waals surface area (Å²) in [5.74, 6) is 1.76. The first-order valence-electron chi connectivity index (χ1n) is 6.04. The van der Waals surface area contributed by atoms with Gasteiger partial charge in [-0.3, -0.25) is 0 Å². The molecule has 1 N–H and O–H groups in total. The van der Waals surface area contributed by atoms with Gasteiger partial charge in [-0.2, -0.15) is 0 Å². The Morgan fingerprint density at radius 2 is 2.16 bits per heavy atom. The van der Waals surface area contributed by atoms with Crippen molar-refractivity contribution in [3.8, 4) is 5.75 Å². The minimum atomic E-state index is 0.831. The number of ether oxygens (including phenoxy) is 1. The van der Waals surface area contributed by atoms with Crippen LogP contribution in [0.25, 0.3) is 0 Å². The van der Waals surface area contributed by atoms with Crippen LogP contribution in [-0.2, 0) is 6.42 Å². The van der Waals surface area contributed by atoms with Crippen LogP contribution in [-0.4, -0.2) is 29.9 Å². The van der Waals surface area contributed by atoms with Crippen LogP contribution in [0.1, 0.15) is 5.56 Å². The number of rotatable bonds is 6. The molecule has 0 fully saturated rings. The van der Waals surface area contributed by atoms with E-state index >= 15 is 0 Å². The van der Waals surface area contributed by atoms with Crippen molar-refractivity contribution in [2.45, 2.75) is 11.4 Å². The van der Waals surface area contributed by atoms with E-state index in [2.05, 4.69) is 27.4 Å². The number of nitrogens with zero attached hydrogens (tertiary/aromatic N) is 2. The number of anilines is 1. The van der Waals surface area contributed by atoms with Gasteiger partial charge in [-0.25, -0.2) is 9.97 Å². The summed E-state index contributed by atoms with van der Waals surface area (Å²) in [7, 11) is 1.68. The van der Waals surface area contributed by atoms with E-state index in [0.717, 1.165) is 29.6 Å². The molecule has 0 aliphatic carbocycles. The molecule has 0 spiro atoms. The zero-order chi connectivity index (χ0) is 13.5. The number of hydrogen-bond acceptors (Lipinski definition) is 5. The molecule has 4 nitrogen and oxygen atoms in total. The monoisotopic (exact) mass is 275 g/mol. The third-order valence-corrected chi connectivity index (χ3v) is 3.35. The fraction of sp³-hybridized carbons (Fsp3) is 0.286. The molecule has 1 aromatic carbocycles. The Kier molecular flexibility index (Phi) is 5.03. The lowest BCUT2D eigenvalue weighted by Crippen LogP contribution is -2.06. The minimum absolute atomic E-state index is 0.831. The second-order valence-electron chi connectivity index (χ2n) is 3.97. The molecule has 0 aliphatic rings. The molecule has 2 rings (SSSR count). The van der Waals surface area contributed by atoms with E-state index < -0.39 is 0 Å². The van der Waals surface area contributed by atoms with Crippen LogP contribution < -0.4 is 10.1 Å². The van der Waals surface area contributed by atoms with E-state index in [4.69, 9.17) is 4.74 Å². The van der Waals surface area contributed by atoms with Gasteiger partial charge in [0.15, 0.2) is 0 Å². The average molecular weight is 275 g/mol. The zero-order valence-electron chi connectivity index (χ0n) is 11.1. The van der Waals surface area contributed by atoms with Crippen molar-refractivity contribution in [3.63, 3.8) is 0 Å². The quantitative estimate of drug-likeness (QED) is 0.649. The third-order valence-electron chi connectivity index (χ3n) is 2.71. The first kappa shape index (κ1) is 13.7. The molecular weight excluding hydrogens is 258 g/mol. The molecule has 0 radical (unpaired) electrons. The Bertz CT molecular complexity index is 486. The molecule has 19 heavy (non-hydrogen) atoms. The summed E-state index contributed by atoms with van der Waals surface area (Å²) in [6.07, 6.45) is 4.51. The van der Waals surface area contributed by atoms with Crippen molar-refractivity contribution in [2.24, 2.45) is 0 Å². The zero-order valence-corrected chi connectivity index (χ0v) is 11.9. The predicted octanol–water partition coefficient (Wildman–Crippen LogP) is 2.86. The molecular formula is C14H17N3OS. The Morgan fingerprint density at radius 1 is 1.26 bits per heavy atom. The van der Waals surface area contributed by atoms with Crippen LogP contribution in [0.5, 0.6) is 5.75 Å². The number of methoxy groups -OCH3 is 1. The van der Waals surface area contributed by atoms with Crippen LogP contribution >= 0.6 is 11.8 Å². The van der Waals surface area contributed by atoms with Gasteiger partial charge in [-0.05, 0) is 30.4 Å². The van der Waals surface area contributed by atoms with Crippen molar-refractivity contribution >= 4 is 17.6 Å². The molecule has 5 heteroatoms. The topological polar surface area (TPSA) is 47.0 Å². The fourth-order valence-electron chi connectivity index (χ4n) is 1.71. The first-order chi connectivity index (χ1) is 9.31. The third kappa shape index (κ3) is 4.13. The van der Waals surface area contributed by atoms with Gasteiger partial charge in [-0.1, -0.05) is 12.1 Å². The Morgan fingerprint density at radius 3 is 2.95 bits per heavy atom. The molecule has 0 atom stereocenters. The number of hydrogen-bond donors (Lipinski definition) is 1. The van der Waals surface area contributed by atoms with Gasteiger partial charge < -0.3 is 10.1 Å². The van der Waals surface area contributed by atoms with Gasteiger partial charge in [0.05, 0.1) is 7.11 Å². The normalized spacial score (nSPS) is 10.2. The second kappa shape index (κ2) is 6.99. The van der Waals surface area contributed by atoms with Crippen LogP contribution in [0.2, 0.25) is 0 Å². The maximum atomic E-state index is 5.21. The number of aromatic nitrogens is 2. The summed E-state index contributed by atoms with van der Waals surface area (Å²) in [5.41, 5.74) is 1.24. The Balaban J connectivity index is 1.88. The van der Waals surface area contributed by atoms with E-state index in [0.29, 0.717) is 0 Å². The first-order valence-corrected chi connectivity index (χ1v) is 7.27. The SMILES string of the molecule is COc1cccc(CCNc2cc(SC)ncn2)c1. The number of thioether (sulfide) groups is 1. The smallest absolute Gasteiger partial charge is 0.130 e. The van der Waals surface area contributed by atoms with E-state index in [1.807, 2.05) is 24.5 Å². The van der Waals surface area contributed by atoms with Crippen LogP contribution in [0.3, 0.4) is 0 Å². The van der Waals surface area contributed by atoms with Crippen molar-refractivity contribution in [2.75, 3.05) is 25.2 Å². The molecule has 100 valence electrons. The highest BCUT2D eigenvalue weighted by molar-refractivity contribution is 7.98. The van der Waals surface area contributed by atoms with Gasteiger partial charge in [-0.15, -0.1) is 11.8 Å². The fourth-order valence-corrected chi connectivity index (χ4v) is 2.09. The van der Waals surface area contributed by atoms with Crippen molar-refractivity contribution in [3.05, 3.63) is 42.2 Å². The van der Waals surface area contributed by atoms with Crippen LogP contribution in [0.15, 0.2) is 41.7 Å². The highest BCUT2D eigenvalue weighted by atomic mass is 32.2. The van der Waals surface area contributed by atoms with Crippen molar-refractivity contribution in [1.29, 1.82) is 0 Å². The lowest BCUT2D eigenvalue weighted by molar-refractivity contribution is 0.414. The number of benzene rings is 1. The van der Waals surface area contributed by atoms with Gasteiger partial charge in [0.1, 0.15) is 22.9 Å². The minimum Gasteiger partial charge on any atom is -0.497 e. The van der Waals surface area contributed by atoms with Crippen molar-refractivity contribution in [1.82, 2.24) is 9.97 Å². The highest BCUT2D eigenvalue weighted by Crippen LogP contribution is 2.15. The second-order valence-corrected chi connectivity index (χ2v) is 4.80. The average Bonchev–Trinajstić information content (AvgIpc) is 2.48. The number of nitrogens with one attached hydrogen (secondary N) is 1. The largest absolute Gasteiger partial charge is 0.497 e. The van der Waals surface area contributed by atoms with Gasteiger partial charge in [0.2, 0.25) is 0 Å². The van der Waals surface area contributed by atoms with E-state index in [-0.39, 0.29) is 0 Å². The van der Waals surface area contributed by atoms with Crippen LogP contribution in [0.4, 0.5) is 5.82 Å². The molecule has 2 aromatic rings. The lowest BCUT2D eigenvalue weighted by Gasteiger charge is -2.07. The molecule has 0 bridgehead atoms. The van der Waals surface area contributed by atoms with Gasteiger partial charge >= 0.3 is 0 Å². The Hall–Kier alpha value is -1.75. The summed E-state index contributed by atoms with van der Waals surface area (Å²) in [6.45, 7) is 0.831. The standard InChI is InChI=1S/C14H17N3OS/c1-18-12-5-3-4-11(8-12)6-7-15-13-9-14(19-2)17-10-16-13/h3-5,8-10H,6-7H2,1-2H3,(H,15,16,17). The lowest BCUT2D eigenvalue weighted by atomic mass is 10.1. The Labute approximate surface area is 117 Å². The summed E-state index contributed by atoms with van der Waals surface area (Å²) in [4.78, 5) is 8.33. The maximum Gasteiger partial charge on any atom is 0.130 e. The molecule has 0 unspecified atom stereocenters. The summed E-state index contributed by atoms with van der Waals surface area (Å²) < 4.78 is 5.21. The van der Waals surface area contributed by atoms with Crippen molar-refractivity contribution < 1.29 is 4.74 Å². The molecule has 1 heterocycles. The van der Waals surface area contributed by atoms with Gasteiger partial charge in [0.25, 0.3) is 0 Å². The molecule has 0 saturated carbocycles. The molecule has 0 aliphatic heterocycles. The molecule has 0 amide bonds. The maximum absolute atomic E-state index is 5.21. The summed E-state index contributed by atoms with van der Waals surface area (Å²) in [5, 5.41) is 4.27. The van der Waals surface area contributed by atoms with E-state index in [1.165, 1.54) is 5.56 Å². The summed E-state index contributed by atoms with van der Waals surface area (Å²) in [6, 6.07) is 10.1. The predicted molar refractivity (Wildman–Crippen MR) is 79.0 cm³/mol.